The lowest BCUT2D eigenvalue weighted by Gasteiger charge is -2.31. The van der Waals surface area contributed by atoms with E-state index in [1.54, 1.807) is 0 Å². The van der Waals surface area contributed by atoms with Crippen molar-refractivity contribution in [2.45, 2.75) is 51.5 Å². The molecule has 0 unspecified atom stereocenters. The van der Waals surface area contributed by atoms with Crippen LogP contribution >= 0.6 is 0 Å². The van der Waals surface area contributed by atoms with Crippen LogP contribution in [0.2, 0.25) is 0 Å². The van der Waals surface area contributed by atoms with Crippen LogP contribution in [0, 0.1) is 0 Å². The Morgan fingerprint density at radius 1 is 1.12 bits per heavy atom. The SMILES string of the molecule is CC(C)(CC(=O)N1CCCCC1)c1cncn1Cc1ccccc1. The molecule has 0 radical (unpaired) electrons. The maximum absolute atomic E-state index is 12.7. The number of likely N-dealkylation sites (tertiary alicyclic amines) is 1. The van der Waals surface area contributed by atoms with Gasteiger partial charge in [-0.1, -0.05) is 44.2 Å². The molecule has 1 aliphatic heterocycles. The van der Waals surface area contributed by atoms with Crippen molar-refractivity contribution in [1.82, 2.24) is 14.5 Å². The fourth-order valence-electron chi connectivity index (χ4n) is 3.51. The molecule has 24 heavy (non-hydrogen) atoms. The molecule has 1 aromatic carbocycles. The molecule has 4 heteroatoms. The summed E-state index contributed by atoms with van der Waals surface area (Å²) in [5.74, 6) is 0.271. The molecule has 0 spiro atoms. The number of aromatic nitrogens is 2. The minimum Gasteiger partial charge on any atom is -0.343 e. The topological polar surface area (TPSA) is 38.1 Å². The molecule has 0 aliphatic carbocycles. The van der Waals surface area contributed by atoms with Gasteiger partial charge in [-0.15, -0.1) is 0 Å². The largest absolute Gasteiger partial charge is 0.343 e. The van der Waals surface area contributed by atoms with Gasteiger partial charge in [0, 0.05) is 43.4 Å². The third-order valence-electron chi connectivity index (χ3n) is 4.90. The first-order chi connectivity index (χ1) is 11.6. The Balaban J connectivity index is 1.72. The summed E-state index contributed by atoms with van der Waals surface area (Å²) in [4.78, 5) is 19.0. The van der Waals surface area contributed by atoms with Crippen molar-refractivity contribution < 1.29 is 4.79 Å². The molecule has 2 aromatic rings. The molecule has 128 valence electrons. The lowest BCUT2D eigenvalue weighted by atomic mass is 9.85. The fourth-order valence-corrected chi connectivity index (χ4v) is 3.51. The third-order valence-corrected chi connectivity index (χ3v) is 4.90. The Labute approximate surface area is 144 Å². The molecule has 0 atom stereocenters. The lowest BCUT2D eigenvalue weighted by molar-refractivity contribution is -0.133. The molecule has 3 rings (SSSR count). The van der Waals surface area contributed by atoms with Gasteiger partial charge in [0.2, 0.25) is 5.91 Å². The first-order valence-electron chi connectivity index (χ1n) is 8.88. The molecule has 0 saturated carbocycles. The van der Waals surface area contributed by atoms with E-state index < -0.39 is 0 Å². The molecule has 1 amide bonds. The van der Waals surface area contributed by atoms with E-state index in [0.29, 0.717) is 6.42 Å². The van der Waals surface area contributed by atoms with Crippen LogP contribution in [0.25, 0.3) is 0 Å². The second-order valence-corrected chi connectivity index (χ2v) is 7.39. The van der Waals surface area contributed by atoms with Gasteiger partial charge in [0.05, 0.1) is 6.33 Å². The van der Waals surface area contributed by atoms with Gasteiger partial charge in [0.25, 0.3) is 0 Å². The van der Waals surface area contributed by atoms with Gasteiger partial charge in [-0.25, -0.2) is 4.98 Å². The van der Waals surface area contributed by atoms with Crippen molar-refractivity contribution in [2.75, 3.05) is 13.1 Å². The summed E-state index contributed by atoms with van der Waals surface area (Å²) in [6, 6.07) is 10.4. The highest BCUT2D eigenvalue weighted by Gasteiger charge is 2.30. The Kier molecular flexibility index (Phi) is 5.03. The van der Waals surface area contributed by atoms with Crippen LogP contribution in [0.5, 0.6) is 0 Å². The summed E-state index contributed by atoms with van der Waals surface area (Å²) in [5.41, 5.74) is 2.14. The summed E-state index contributed by atoms with van der Waals surface area (Å²) < 4.78 is 2.17. The summed E-state index contributed by atoms with van der Waals surface area (Å²) in [6.45, 7) is 6.91. The van der Waals surface area contributed by atoms with Crippen molar-refractivity contribution in [3.05, 3.63) is 54.1 Å². The molecule has 1 saturated heterocycles. The monoisotopic (exact) mass is 325 g/mol. The van der Waals surface area contributed by atoms with Gasteiger partial charge in [0.15, 0.2) is 0 Å². The van der Waals surface area contributed by atoms with Crippen LogP contribution < -0.4 is 0 Å². The van der Waals surface area contributed by atoms with Gasteiger partial charge in [0.1, 0.15) is 0 Å². The van der Waals surface area contributed by atoms with E-state index in [-0.39, 0.29) is 11.3 Å². The maximum atomic E-state index is 12.7. The average molecular weight is 325 g/mol. The van der Waals surface area contributed by atoms with E-state index >= 15 is 0 Å². The van der Waals surface area contributed by atoms with Gasteiger partial charge < -0.3 is 9.47 Å². The summed E-state index contributed by atoms with van der Waals surface area (Å²) in [5, 5.41) is 0. The zero-order valence-corrected chi connectivity index (χ0v) is 14.7. The summed E-state index contributed by atoms with van der Waals surface area (Å²) >= 11 is 0. The highest BCUT2D eigenvalue weighted by atomic mass is 16.2. The van der Waals surface area contributed by atoms with Crippen molar-refractivity contribution in [3.63, 3.8) is 0 Å². The quantitative estimate of drug-likeness (QED) is 0.842. The molecule has 1 fully saturated rings. The molecular formula is C20H27N3O. The molecule has 2 heterocycles. The van der Waals surface area contributed by atoms with E-state index in [4.69, 9.17) is 0 Å². The van der Waals surface area contributed by atoms with Crippen molar-refractivity contribution in [1.29, 1.82) is 0 Å². The average Bonchev–Trinajstić information content (AvgIpc) is 3.05. The molecule has 0 bridgehead atoms. The summed E-state index contributed by atoms with van der Waals surface area (Å²) in [7, 11) is 0. The number of benzene rings is 1. The van der Waals surface area contributed by atoms with E-state index in [1.807, 2.05) is 23.5 Å². The molecular weight excluding hydrogens is 298 g/mol. The number of carbonyl (C=O) groups excluding carboxylic acids is 1. The zero-order valence-electron chi connectivity index (χ0n) is 14.7. The van der Waals surface area contributed by atoms with E-state index in [9.17, 15) is 4.79 Å². The normalized spacial score (nSPS) is 15.5. The number of hydrogen-bond donors (Lipinski definition) is 0. The van der Waals surface area contributed by atoms with Crippen LogP contribution in [0.15, 0.2) is 42.9 Å². The fraction of sp³-hybridized carbons (Fsp3) is 0.500. The Hall–Kier alpha value is -2.10. The van der Waals surface area contributed by atoms with Gasteiger partial charge in [-0.3, -0.25) is 4.79 Å². The molecule has 1 aliphatic rings. The second kappa shape index (κ2) is 7.20. The Morgan fingerprint density at radius 3 is 2.54 bits per heavy atom. The second-order valence-electron chi connectivity index (χ2n) is 7.39. The van der Waals surface area contributed by atoms with Crippen LogP contribution in [0.3, 0.4) is 0 Å². The minimum atomic E-state index is -0.222. The number of rotatable bonds is 5. The van der Waals surface area contributed by atoms with Crippen LogP contribution in [0.1, 0.15) is 50.8 Å². The van der Waals surface area contributed by atoms with Crippen LogP contribution in [-0.2, 0) is 16.8 Å². The van der Waals surface area contributed by atoms with Crippen molar-refractivity contribution in [2.24, 2.45) is 0 Å². The van der Waals surface area contributed by atoms with Gasteiger partial charge in [-0.2, -0.15) is 0 Å². The Morgan fingerprint density at radius 2 is 1.83 bits per heavy atom. The van der Waals surface area contributed by atoms with Crippen LogP contribution in [0.4, 0.5) is 0 Å². The molecule has 1 aromatic heterocycles. The predicted octanol–water partition coefficient (Wildman–Crippen LogP) is 3.61. The number of carbonyl (C=O) groups is 1. The molecule has 0 N–H and O–H groups in total. The smallest absolute Gasteiger partial charge is 0.223 e. The van der Waals surface area contributed by atoms with E-state index in [2.05, 4.69) is 47.7 Å². The molecule has 4 nitrogen and oxygen atoms in total. The lowest BCUT2D eigenvalue weighted by Crippen LogP contribution is -2.39. The number of hydrogen-bond acceptors (Lipinski definition) is 2. The third kappa shape index (κ3) is 3.86. The Bertz CT molecular complexity index is 669. The van der Waals surface area contributed by atoms with Gasteiger partial charge >= 0.3 is 0 Å². The van der Waals surface area contributed by atoms with E-state index in [1.165, 1.54) is 12.0 Å². The predicted molar refractivity (Wildman–Crippen MR) is 95.8 cm³/mol. The first kappa shape index (κ1) is 16.7. The first-order valence-corrected chi connectivity index (χ1v) is 8.88. The highest BCUT2D eigenvalue weighted by molar-refractivity contribution is 5.77. The summed E-state index contributed by atoms with van der Waals surface area (Å²) in [6.07, 6.45) is 7.84. The van der Waals surface area contributed by atoms with Crippen molar-refractivity contribution in [3.8, 4) is 0 Å². The highest BCUT2D eigenvalue weighted by Crippen LogP contribution is 2.28. The van der Waals surface area contributed by atoms with Crippen molar-refractivity contribution >= 4 is 5.91 Å². The number of piperidine rings is 1. The maximum Gasteiger partial charge on any atom is 0.223 e. The van der Waals surface area contributed by atoms with Crippen LogP contribution in [-0.4, -0.2) is 33.4 Å². The number of imidazole rings is 1. The van der Waals surface area contributed by atoms with E-state index in [0.717, 1.165) is 38.2 Å². The van der Waals surface area contributed by atoms with Gasteiger partial charge in [-0.05, 0) is 24.8 Å². The minimum absolute atomic E-state index is 0.222. The standard InChI is InChI=1S/C20H27N3O/c1-20(2,13-19(24)22-11-7-4-8-12-22)18-14-21-16-23(18)15-17-9-5-3-6-10-17/h3,5-6,9-10,14,16H,4,7-8,11-13,15H2,1-2H3. The number of nitrogens with zero attached hydrogens (tertiary/aromatic N) is 3. The number of amides is 1. The zero-order chi connectivity index (χ0) is 17.0.